The Labute approximate surface area is 161 Å². The Morgan fingerprint density at radius 2 is 1.86 bits per heavy atom. The summed E-state index contributed by atoms with van der Waals surface area (Å²) in [5.74, 6) is -0.599. The molecule has 0 aliphatic heterocycles. The van der Waals surface area contributed by atoms with Gasteiger partial charge in [-0.1, -0.05) is 36.4 Å². The molecule has 4 rings (SSSR count). The fourth-order valence-corrected chi connectivity index (χ4v) is 4.50. The van der Waals surface area contributed by atoms with Crippen LogP contribution in [-0.4, -0.2) is 40.8 Å². The summed E-state index contributed by atoms with van der Waals surface area (Å²) in [6, 6.07) is 17.0. The van der Waals surface area contributed by atoms with E-state index in [-0.39, 0.29) is 17.0 Å². The standard InChI is InChI=1S/C20H17N3O4S/c1-23(12-19-21-16-10-9-14(20(24)25)11-17(16)22-19)28(26,27)18-8-4-6-13-5-2-3-7-15(13)18/h2-11H,12H2,1H3,(H,21,22)(H,24,25). The van der Waals surface area contributed by atoms with Crippen molar-refractivity contribution in [2.75, 3.05) is 7.05 Å². The lowest BCUT2D eigenvalue weighted by Gasteiger charge is -2.17. The van der Waals surface area contributed by atoms with Gasteiger partial charge in [0.05, 0.1) is 28.0 Å². The van der Waals surface area contributed by atoms with Gasteiger partial charge in [0.1, 0.15) is 5.82 Å². The maximum absolute atomic E-state index is 13.1. The largest absolute Gasteiger partial charge is 0.478 e. The quantitative estimate of drug-likeness (QED) is 0.540. The molecule has 0 saturated carbocycles. The molecule has 0 aliphatic carbocycles. The van der Waals surface area contributed by atoms with Crippen LogP contribution in [0, 0.1) is 0 Å². The highest BCUT2D eigenvalue weighted by atomic mass is 32.2. The van der Waals surface area contributed by atoms with E-state index in [1.54, 1.807) is 30.3 Å². The van der Waals surface area contributed by atoms with E-state index < -0.39 is 16.0 Å². The summed E-state index contributed by atoms with van der Waals surface area (Å²) < 4.78 is 27.5. The highest BCUT2D eigenvalue weighted by Crippen LogP contribution is 2.26. The number of aromatic nitrogens is 2. The van der Waals surface area contributed by atoms with Crippen LogP contribution in [-0.2, 0) is 16.6 Å². The number of benzene rings is 3. The number of rotatable bonds is 5. The van der Waals surface area contributed by atoms with Gasteiger partial charge in [-0.2, -0.15) is 4.31 Å². The molecule has 1 heterocycles. The Morgan fingerprint density at radius 3 is 2.64 bits per heavy atom. The van der Waals surface area contributed by atoms with Crippen LogP contribution in [0.2, 0.25) is 0 Å². The van der Waals surface area contributed by atoms with Gasteiger partial charge in [0, 0.05) is 12.4 Å². The molecule has 4 aromatic rings. The second-order valence-electron chi connectivity index (χ2n) is 6.46. The van der Waals surface area contributed by atoms with E-state index in [2.05, 4.69) is 9.97 Å². The number of sulfonamides is 1. The van der Waals surface area contributed by atoms with Crippen molar-refractivity contribution in [2.24, 2.45) is 0 Å². The number of carboxylic acid groups (broad SMARTS) is 1. The number of carbonyl (C=O) groups is 1. The number of aromatic carboxylic acids is 1. The van der Waals surface area contributed by atoms with Gasteiger partial charge in [-0.3, -0.25) is 0 Å². The first-order chi connectivity index (χ1) is 13.4. The lowest BCUT2D eigenvalue weighted by atomic mass is 10.1. The van der Waals surface area contributed by atoms with Crippen molar-refractivity contribution in [3.8, 4) is 0 Å². The van der Waals surface area contributed by atoms with E-state index in [1.807, 2.05) is 18.2 Å². The van der Waals surface area contributed by atoms with E-state index in [9.17, 15) is 13.2 Å². The number of H-pyrrole nitrogens is 1. The lowest BCUT2D eigenvalue weighted by Crippen LogP contribution is -2.27. The SMILES string of the molecule is CN(Cc1nc2ccc(C(=O)O)cc2[nH]1)S(=O)(=O)c1cccc2ccccc12. The van der Waals surface area contributed by atoms with Gasteiger partial charge in [-0.05, 0) is 29.7 Å². The number of aromatic amines is 1. The molecule has 0 unspecified atom stereocenters. The van der Waals surface area contributed by atoms with Gasteiger partial charge in [-0.25, -0.2) is 18.2 Å². The average Bonchev–Trinajstić information content (AvgIpc) is 3.08. The van der Waals surface area contributed by atoms with Crippen molar-refractivity contribution in [1.29, 1.82) is 0 Å². The molecule has 0 atom stereocenters. The maximum Gasteiger partial charge on any atom is 0.335 e. The minimum absolute atomic E-state index is 0.0304. The zero-order valence-electron chi connectivity index (χ0n) is 15.0. The molecule has 0 bridgehead atoms. The van der Waals surface area contributed by atoms with Gasteiger partial charge >= 0.3 is 5.97 Å². The van der Waals surface area contributed by atoms with Crippen molar-refractivity contribution in [3.05, 3.63) is 72.1 Å². The number of nitrogens with zero attached hydrogens (tertiary/aromatic N) is 2. The third-order valence-corrected chi connectivity index (χ3v) is 6.45. The number of hydrogen-bond donors (Lipinski definition) is 2. The van der Waals surface area contributed by atoms with Crippen LogP contribution >= 0.6 is 0 Å². The van der Waals surface area contributed by atoms with Gasteiger partial charge < -0.3 is 10.1 Å². The molecule has 0 saturated heterocycles. The van der Waals surface area contributed by atoms with Crippen LogP contribution in [0.4, 0.5) is 0 Å². The summed E-state index contributed by atoms with van der Waals surface area (Å²) >= 11 is 0. The van der Waals surface area contributed by atoms with Gasteiger partial charge in [0.15, 0.2) is 0 Å². The Bertz CT molecular complexity index is 1310. The molecule has 0 radical (unpaired) electrons. The molecular formula is C20H17N3O4S. The van der Waals surface area contributed by atoms with Crippen molar-refractivity contribution < 1.29 is 18.3 Å². The highest BCUT2D eigenvalue weighted by molar-refractivity contribution is 7.89. The zero-order valence-corrected chi connectivity index (χ0v) is 15.8. The van der Waals surface area contributed by atoms with Crippen LogP contribution < -0.4 is 0 Å². The van der Waals surface area contributed by atoms with E-state index >= 15 is 0 Å². The van der Waals surface area contributed by atoms with Gasteiger partial charge in [0.25, 0.3) is 0 Å². The minimum Gasteiger partial charge on any atom is -0.478 e. The van der Waals surface area contributed by atoms with Crippen LogP contribution in [0.15, 0.2) is 65.6 Å². The number of fused-ring (bicyclic) bond motifs is 2. The number of hydrogen-bond acceptors (Lipinski definition) is 4. The highest BCUT2D eigenvalue weighted by Gasteiger charge is 2.24. The van der Waals surface area contributed by atoms with E-state index in [0.717, 1.165) is 5.39 Å². The second-order valence-corrected chi connectivity index (χ2v) is 8.47. The summed E-state index contributed by atoms with van der Waals surface area (Å²) in [5.41, 5.74) is 1.27. The number of nitrogens with one attached hydrogen (secondary N) is 1. The molecule has 7 nitrogen and oxygen atoms in total. The summed E-state index contributed by atoms with van der Waals surface area (Å²) in [7, 11) is -2.25. The predicted molar refractivity (Wildman–Crippen MR) is 106 cm³/mol. The van der Waals surface area contributed by atoms with Crippen molar-refractivity contribution >= 4 is 37.8 Å². The van der Waals surface area contributed by atoms with E-state index in [4.69, 9.17) is 5.11 Å². The summed E-state index contributed by atoms with van der Waals surface area (Å²) in [4.78, 5) is 18.7. The van der Waals surface area contributed by atoms with Crippen LogP contribution in [0.3, 0.4) is 0 Å². The fraction of sp³-hybridized carbons (Fsp3) is 0.100. The Balaban J connectivity index is 1.68. The van der Waals surface area contributed by atoms with Crippen molar-refractivity contribution in [3.63, 3.8) is 0 Å². The third-order valence-electron chi connectivity index (χ3n) is 4.59. The second kappa shape index (κ2) is 6.74. The first-order valence-corrected chi connectivity index (χ1v) is 9.96. The van der Waals surface area contributed by atoms with Crippen molar-refractivity contribution in [2.45, 2.75) is 11.4 Å². The molecule has 3 aromatic carbocycles. The summed E-state index contributed by atoms with van der Waals surface area (Å²) in [5, 5.41) is 10.6. The molecule has 0 aliphatic rings. The smallest absolute Gasteiger partial charge is 0.335 e. The molecule has 28 heavy (non-hydrogen) atoms. The molecule has 142 valence electrons. The predicted octanol–water partition coefficient (Wildman–Crippen LogP) is 3.24. The summed E-state index contributed by atoms with van der Waals surface area (Å²) in [6.45, 7) is 0.0304. The zero-order chi connectivity index (χ0) is 19.9. The Morgan fingerprint density at radius 1 is 1.11 bits per heavy atom. The molecule has 0 amide bonds. The van der Waals surface area contributed by atoms with E-state index in [0.29, 0.717) is 22.2 Å². The monoisotopic (exact) mass is 395 g/mol. The normalized spacial score (nSPS) is 12.1. The minimum atomic E-state index is -3.74. The first-order valence-electron chi connectivity index (χ1n) is 8.52. The number of carboxylic acids is 1. The first kappa shape index (κ1) is 18.1. The lowest BCUT2D eigenvalue weighted by molar-refractivity contribution is 0.0697. The fourth-order valence-electron chi connectivity index (χ4n) is 3.15. The Hall–Kier alpha value is -3.23. The molecular weight excluding hydrogens is 378 g/mol. The van der Waals surface area contributed by atoms with Crippen molar-refractivity contribution in [1.82, 2.24) is 14.3 Å². The molecule has 1 aromatic heterocycles. The third kappa shape index (κ3) is 3.12. The number of imidazole rings is 1. The molecule has 2 N–H and O–H groups in total. The van der Waals surface area contributed by atoms with Crippen LogP contribution in [0.5, 0.6) is 0 Å². The molecule has 8 heteroatoms. The van der Waals surface area contributed by atoms with Gasteiger partial charge in [-0.15, -0.1) is 0 Å². The average molecular weight is 395 g/mol. The topological polar surface area (TPSA) is 103 Å². The Kier molecular flexibility index (Phi) is 4.37. The van der Waals surface area contributed by atoms with Gasteiger partial charge in [0.2, 0.25) is 10.0 Å². The van der Waals surface area contributed by atoms with Crippen LogP contribution in [0.1, 0.15) is 16.2 Å². The molecule has 0 fully saturated rings. The van der Waals surface area contributed by atoms with Crippen LogP contribution in [0.25, 0.3) is 21.8 Å². The molecule has 0 spiro atoms. The summed E-state index contributed by atoms with van der Waals surface area (Å²) in [6.07, 6.45) is 0. The maximum atomic E-state index is 13.1. The van der Waals surface area contributed by atoms with E-state index in [1.165, 1.54) is 23.5 Å².